The van der Waals surface area contributed by atoms with Crippen LogP contribution in [0.4, 0.5) is 0 Å². The van der Waals surface area contributed by atoms with E-state index < -0.39 is 6.10 Å². The smallest absolute Gasteiger partial charge is 0.194 e. The van der Waals surface area contributed by atoms with Crippen LogP contribution in [0.25, 0.3) is 0 Å². The summed E-state index contributed by atoms with van der Waals surface area (Å²) in [7, 11) is 1.95. The summed E-state index contributed by atoms with van der Waals surface area (Å²) in [6.45, 7) is 5.17. The first-order valence-corrected chi connectivity index (χ1v) is 10.2. The van der Waals surface area contributed by atoms with E-state index in [1.54, 1.807) is 0 Å². The molecule has 1 fully saturated rings. The van der Waals surface area contributed by atoms with Crippen LogP contribution >= 0.6 is 22.9 Å². The number of likely N-dealkylation sites (tertiary alicyclic amines) is 1. The Hall–Kier alpha value is -1.57. The fourth-order valence-electron chi connectivity index (χ4n) is 3.30. The first-order valence-electron chi connectivity index (χ1n) is 8.99. The third-order valence-electron chi connectivity index (χ3n) is 4.54. The van der Waals surface area contributed by atoms with Gasteiger partial charge in [-0.3, -0.25) is 9.67 Å². The Morgan fingerprint density at radius 1 is 1.54 bits per heavy atom. The number of thiophene rings is 1. The highest BCUT2D eigenvalue weighted by Crippen LogP contribution is 2.27. The van der Waals surface area contributed by atoms with Crippen molar-refractivity contribution in [3.05, 3.63) is 39.3 Å². The van der Waals surface area contributed by atoms with Crippen LogP contribution in [0.3, 0.4) is 0 Å². The van der Waals surface area contributed by atoms with Crippen molar-refractivity contribution in [1.29, 1.82) is 0 Å². The number of rotatable bonds is 6. The van der Waals surface area contributed by atoms with E-state index >= 15 is 0 Å². The van der Waals surface area contributed by atoms with Gasteiger partial charge in [0, 0.05) is 37.8 Å². The summed E-state index contributed by atoms with van der Waals surface area (Å²) in [6.07, 6.45) is 5.60. The Bertz CT molecular complexity index is 744. The van der Waals surface area contributed by atoms with Crippen LogP contribution in [-0.4, -0.2) is 51.9 Å². The molecule has 6 nitrogen and oxygen atoms in total. The van der Waals surface area contributed by atoms with Crippen molar-refractivity contribution in [2.24, 2.45) is 18.0 Å². The maximum atomic E-state index is 10.3. The van der Waals surface area contributed by atoms with Crippen LogP contribution in [0.1, 0.15) is 29.9 Å². The highest BCUT2D eigenvalue weighted by atomic mass is 35.5. The number of nitrogens with zero attached hydrogens (tertiary/aromatic N) is 4. The number of nitrogens with one attached hydrogen (secondary N) is 1. The van der Waals surface area contributed by atoms with Crippen molar-refractivity contribution < 1.29 is 5.11 Å². The van der Waals surface area contributed by atoms with Crippen molar-refractivity contribution in [3.63, 3.8) is 0 Å². The fourth-order valence-corrected chi connectivity index (χ4v) is 4.34. The molecule has 8 heteroatoms. The van der Waals surface area contributed by atoms with Crippen LogP contribution in [0.5, 0.6) is 0 Å². The molecule has 2 unspecified atom stereocenters. The van der Waals surface area contributed by atoms with E-state index in [2.05, 4.69) is 33.4 Å². The molecule has 2 atom stereocenters. The molecular weight excluding hydrogens is 370 g/mol. The minimum Gasteiger partial charge on any atom is -0.386 e. The van der Waals surface area contributed by atoms with Crippen molar-refractivity contribution in [2.45, 2.75) is 25.9 Å². The molecule has 1 aliphatic rings. The average Bonchev–Trinajstić information content (AvgIpc) is 3.34. The molecule has 3 heterocycles. The highest BCUT2D eigenvalue weighted by molar-refractivity contribution is 7.16. The molecule has 2 aromatic heterocycles. The summed E-state index contributed by atoms with van der Waals surface area (Å²) >= 11 is 7.35. The third kappa shape index (κ3) is 4.99. The van der Waals surface area contributed by atoms with E-state index in [4.69, 9.17) is 11.6 Å². The molecule has 0 bridgehead atoms. The first kappa shape index (κ1) is 19.2. The maximum Gasteiger partial charge on any atom is 0.194 e. The molecule has 1 aliphatic heterocycles. The van der Waals surface area contributed by atoms with Crippen LogP contribution in [-0.2, 0) is 13.5 Å². The molecule has 0 aromatic carbocycles. The minimum atomic E-state index is -0.616. The Labute approximate surface area is 163 Å². The molecule has 0 amide bonds. The second kappa shape index (κ2) is 8.88. The van der Waals surface area contributed by atoms with Gasteiger partial charge >= 0.3 is 0 Å². The van der Waals surface area contributed by atoms with Crippen LogP contribution in [0.2, 0.25) is 4.34 Å². The largest absolute Gasteiger partial charge is 0.386 e. The number of halogens is 1. The monoisotopic (exact) mass is 395 g/mol. The zero-order valence-corrected chi connectivity index (χ0v) is 16.8. The van der Waals surface area contributed by atoms with Gasteiger partial charge in [-0.2, -0.15) is 5.10 Å². The van der Waals surface area contributed by atoms with Gasteiger partial charge < -0.3 is 15.3 Å². The molecule has 3 rings (SSSR count). The van der Waals surface area contributed by atoms with E-state index in [1.165, 1.54) is 16.9 Å². The highest BCUT2D eigenvalue weighted by Gasteiger charge is 2.25. The number of aryl methyl sites for hydroxylation is 1. The second-order valence-corrected chi connectivity index (χ2v) is 8.43. The molecule has 0 saturated carbocycles. The zero-order valence-electron chi connectivity index (χ0n) is 15.2. The number of aliphatic hydroxyl groups excluding tert-OH is 1. The van der Waals surface area contributed by atoms with Crippen molar-refractivity contribution in [2.75, 3.05) is 26.2 Å². The van der Waals surface area contributed by atoms with Gasteiger partial charge in [-0.1, -0.05) is 11.6 Å². The lowest BCUT2D eigenvalue weighted by Gasteiger charge is -2.22. The summed E-state index contributed by atoms with van der Waals surface area (Å²) in [6, 6.07) is 3.67. The molecule has 1 saturated heterocycles. The van der Waals surface area contributed by atoms with E-state index in [-0.39, 0.29) is 0 Å². The van der Waals surface area contributed by atoms with Crippen LogP contribution in [0.15, 0.2) is 29.5 Å². The quantitative estimate of drug-likeness (QED) is 0.583. The Morgan fingerprint density at radius 2 is 2.38 bits per heavy atom. The van der Waals surface area contributed by atoms with Gasteiger partial charge in [-0.15, -0.1) is 11.3 Å². The van der Waals surface area contributed by atoms with E-state index in [0.29, 0.717) is 16.8 Å². The van der Waals surface area contributed by atoms with Gasteiger partial charge in [0.15, 0.2) is 5.96 Å². The topological polar surface area (TPSA) is 65.7 Å². The number of aromatic nitrogens is 2. The summed E-state index contributed by atoms with van der Waals surface area (Å²) in [4.78, 5) is 7.80. The molecule has 26 heavy (non-hydrogen) atoms. The molecule has 0 aliphatic carbocycles. The lowest BCUT2D eigenvalue weighted by molar-refractivity contribution is 0.190. The van der Waals surface area contributed by atoms with Gasteiger partial charge in [0.1, 0.15) is 6.10 Å². The fraction of sp³-hybridized carbons (Fsp3) is 0.556. The molecule has 0 radical (unpaired) electrons. The Morgan fingerprint density at radius 3 is 3.04 bits per heavy atom. The minimum absolute atomic E-state index is 0.336. The molecule has 142 valence electrons. The van der Waals surface area contributed by atoms with Crippen molar-refractivity contribution in [3.8, 4) is 0 Å². The Balaban J connectivity index is 1.58. The summed E-state index contributed by atoms with van der Waals surface area (Å²) in [5.41, 5.74) is 1.28. The lowest BCUT2D eigenvalue weighted by Crippen LogP contribution is -2.40. The van der Waals surface area contributed by atoms with Gasteiger partial charge in [-0.25, -0.2) is 0 Å². The molecule has 2 N–H and O–H groups in total. The van der Waals surface area contributed by atoms with Crippen molar-refractivity contribution in [1.82, 2.24) is 20.0 Å². The van der Waals surface area contributed by atoms with Crippen LogP contribution < -0.4 is 5.32 Å². The number of hydrogen-bond acceptors (Lipinski definition) is 4. The van der Waals surface area contributed by atoms with Gasteiger partial charge in [0.25, 0.3) is 0 Å². The third-order valence-corrected chi connectivity index (χ3v) is 5.87. The number of guanidine groups is 1. The van der Waals surface area contributed by atoms with E-state index in [0.717, 1.165) is 43.3 Å². The normalized spacial score (nSPS) is 19.2. The standard InChI is InChI=1S/C18H26ClN5OS/c1-3-20-18(21-10-15(25)16-4-5-17(19)26-16)24-7-6-13(12-24)8-14-9-22-23(2)11-14/h4-5,9,11,13,15,25H,3,6-8,10,12H2,1-2H3,(H,20,21). The second-order valence-electron chi connectivity index (χ2n) is 6.68. The molecule has 2 aromatic rings. The summed E-state index contributed by atoms with van der Waals surface area (Å²) < 4.78 is 2.54. The summed E-state index contributed by atoms with van der Waals surface area (Å²) in [5.74, 6) is 1.48. The van der Waals surface area contributed by atoms with Gasteiger partial charge in [0.2, 0.25) is 0 Å². The van der Waals surface area contributed by atoms with Crippen LogP contribution in [0, 0.1) is 5.92 Å². The molecular formula is C18H26ClN5OS. The van der Waals surface area contributed by atoms with Gasteiger partial charge in [-0.05, 0) is 43.4 Å². The lowest BCUT2D eigenvalue weighted by atomic mass is 10.0. The predicted molar refractivity (Wildman–Crippen MR) is 107 cm³/mol. The van der Waals surface area contributed by atoms with E-state index in [9.17, 15) is 5.11 Å². The van der Waals surface area contributed by atoms with Gasteiger partial charge in [0.05, 0.1) is 17.1 Å². The zero-order chi connectivity index (χ0) is 18.5. The molecule has 0 spiro atoms. The van der Waals surface area contributed by atoms with Crippen molar-refractivity contribution >= 4 is 28.9 Å². The number of aliphatic imine (C=N–C) groups is 1. The Kier molecular flexibility index (Phi) is 6.56. The number of aliphatic hydroxyl groups is 1. The van der Waals surface area contributed by atoms with E-state index in [1.807, 2.05) is 30.1 Å². The number of hydrogen-bond donors (Lipinski definition) is 2. The maximum absolute atomic E-state index is 10.3. The average molecular weight is 396 g/mol. The summed E-state index contributed by atoms with van der Waals surface area (Å²) in [5, 5.41) is 17.9. The first-order chi connectivity index (χ1) is 12.5. The predicted octanol–water partition coefficient (Wildman–Crippen LogP) is 2.70. The SMILES string of the molecule is CCNC(=NCC(O)c1ccc(Cl)s1)N1CCC(Cc2cnn(C)c2)C1.